The number of rotatable bonds is 9. The average Bonchev–Trinajstić information content (AvgIpc) is 3.19. The molecular formula is C32H52O4. The summed E-state index contributed by atoms with van der Waals surface area (Å²) in [6.07, 6.45) is 16.7. The number of allylic oxidation sites excluding steroid dienone is 1. The monoisotopic (exact) mass is 500 g/mol. The molecule has 0 aromatic carbocycles. The molecule has 0 bridgehead atoms. The van der Waals surface area contributed by atoms with Crippen molar-refractivity contribution in [3.8, 4) is 0 Å². The predicted molar refractivity (Wildman–Crippen MR) is 144 cm³/mol. The van der Waals surface area contributed by atoms with Crippen molar-refractivity contribution in [2.45, 2.75) is 124 Å². The summed E-state index contributed by atoms with van der Waals surface area (Å²) in [6, 6.07) is 0. The zero-order chi connectivity index (χ0) is 26.1. The molecule has 0 aliphatic heterocycles. The lowest BCUT2D eigenvalue weighted by atomic mass is 9.47. The Kier molecular flexibility index (Phi) is 8.62. The van der Waals surface area contributed by atoms with E-state index < -0.39 is 0 Å². The molecule has 4 rings (SSSR count). The molecule has 4 aliphatic carbocycles. The lowest BCUT2D eigenvalue weighted by Crippen LogP contribution is -2.51. The minimum absolute atomic E-state index is 0.0394. The zero-order valence-corrected chi connectivity index (χ0v) is 23.9. The third-order valence-electron chi connectivity index (χ3n) is 11.3. The van der Waals surface area contributed by atoms with Crippen molar-refractivity contribution in [3.05, 3.63) is 11.6 Å². The molecule has 4 unspecified atom stereocenters. The normalized spacial score (nSPS) is 38.4. The molecule has 0 aromatic rings. The zero-order valence-electron chi connectivity index (χ0n) is 23.9. The number of carbonyl (C=O) groups is 2. The fraction of sp³-hybridized carbons (Fsp3) is 0.875. The van der Waals surface area contributed by atoms with Gasteiger partial charge in [0.15, 0.2) is 0 Å². The SMILES string of the molecule is COC(=O)CCC(=O)O[C@H]1CC[C@@]2(C)C(=CCC3C2CC[C@@]2(C)C3CC[C@@H]2C(C)CCCC(C)C)C1. The summed E-state index contributed by atoms with van der Waals surface area (Å²) in [5.41, 5.74) is 2.33. The van der Waals surface area contributed by atoms with Crippen LogP contribution in [-0.2, 0) is 19.1 Å². The molecule has 0 amide bonds. The Morgan fingerprint density at radius 3 is 2.44 bits per heavy atom. The quantitative estimate of drug-likeness (QED) is 0.238. The van der Waals surface area contributed by atoms with E-state index in [1.54, 1.807) is 5.57 Å². The van der Waals surface area contributed by atoms with Crippen LogP contribution in [0.5, 0.6) is 0 Å². The third kappa shape index (κ3) is 5.44. The summed E-state index contributed by atoms with van der Waals surface area (Å²) in [5, 5.41) is 0. The fourth-order valence-corrected chi connectivity index (χ4v) is 9.30. The number of esters is 2. The van der Waals surface area contributed by atoms with Crippen LogP contribution in [0.1, 0.15) is 118 Å². The smallest absolute Gasteiger partial charge is 0.306 e. The number of hydrogen-bond donors (Lipinski definition) is 0. The van der Waals surface area contributed by atoms with Crippen LogP contribution in [0.2, 0.25) is 0 Å². The van der Waals surface area contributed by atoms with E-state index >= 15 is 0 Å². The molecule has 0 N–H and O–H groups in total. The highest BCUT2D eigenvalue weighted by atomic mass is 16.5. The molecule has 0 radical (unpaired) electrons. The summed E-state index contributed by atoms with van der Waals surface area (Å²) in [4.78, 5) is 23.7. The number of carbonyl (C=O) groups excluding carboxylic acids is 2. The molecule has 0 saturated heterocycles. The van der Waals surface area contributed by atoms with E-state index in [4.69, 9.17) is 4.74 Å². The second-order valence-electron chi connectivity index (χ2n) is 13.7. The largest absolute Gasteiger partial charge is 0.469 e. The first-order valence-corrected chi connectivity index (χ1v) is 15.0. The maximum Gasteiger partial charge on any atom is 0.306 e. The van der Waals surface area contributed by atoms with Crippen molar-refractivity contribution in [2.24, 2.45) is 46.3 Å². The standard InChI is InChI=1S/C32H52O4/c1-21(2)8-7-9-22(3)26-12-13-27-25-11-10-23-20-24(36-30(34)15-14-29(33)35-6)16-18-31(23,4)28(25)17-19-32(26,27)5/h10,21-22,24-28H,7-9,11-20H2,1-6H3/t22?,24-,25?,26+,27?,28?,31-,32+/m0/s1. The van der Waals surface area contributed by atoms with Crippen LogP contribution in [0.3, 0.4) is 0 Å². The molecule has 4 nitrogen and oxygen atoms in total. The maximum absolute atomic E-state index is 12.3. The molecule has 0 spiro atoms. The molecular weight excluding hydrogens is 448 g/mol. The van der Waals surface area contributed by atoms with E-state index in [1.165, 1.54) is 58.5 Å². The van der Waals surface area contributed by atoms with Crippen molar-refractivity contribution in [1.29, 1.82) is 0 Å². The second-order valence-corrected chi connectivity index (χ2v) is 13.7. The predicted octanol–water partition coefficient (Wildman–Crippen LogP) is 7.89. The van der Waals surface area contributed by atoms with Gasteiger partial charge in [-0.25, -0.2) is 0 Å². The highest BCUT2D eigenvalue weighted by molar-refractivity contribution is 5.77. The minimum Gasteiger partial charge on any atom is -0.469 e. The maximum atomic E-state index is 12.3. The van der Waals surface area contributed by atoms with Gasteiger partial charge < -0.3 is 9.47 Å². The van der Waals surface area contributed by atoms with E-state index in [2.05, 4.69) is 45.4 Å². The van der Waals surface area contributed by atoms with Crippen molar-refractivity contribution < 1.29 is 19.1 Å². The molecule has 3 fully saturated rings. The van der Waals surface area contributed by atoms with Crippen molar-refractivity contribution in [2.75, 3.05) is 7.11 Å². The Morgan fingerprint density at radius 2 is 1.72 bits per heavy atom. The topological polar surface area (TPSA) is 52.6 Å². The number of ether oxygens (including phenoxy) is 2. The van der Waals surface area contributed by atoms with Crippen molar-refractivity contribution >= 4 is 11.9 Å². The summed E-state index contributed by atoms with van der Waals surface area (Å²) in [6.45, 7) is 12.4. The van der Waals surface area contributed by atoms with Crippen LogP contribution in [0.25, 0.3) is 0 Å². The van der Waals surface area contributed by atoms with Crippen molar-refractivity contribution in [3.63, 3.8) is 0 Å². The van der Waals surface area contributed by atoms with Crippen LogP contribution in [-0.4, -0.2) is 25.2 Å². The lowest BCUT2D eigenvalue weighted by Gasteiger charge is -2.58. The van der Waals surface area contributed by atoms with Gasteiger partial charge in [-0.1, -0.05) is 65.5 Å². The first kappa shape index (κ1) is 27.7. The second kappa shape index (κ2) is 11.2. The van der Waals surface area contributed by atoms with E-state index in [-0.39, 0.29) is 36.3 Å². The van der Waals surface area contributed by atoms with Crippen LogP contribution in [0, 0.1) is 46.3 Å². The van der Waals surface area contributed by atoms with Gasteiger partial charge in [0.05, 0.1) is 20.0 Å². The summed E-state index contributed by atoms with van der Waals surface area (Å²) in [5.74, 6) is 4.42. The third-order valence-corrected chi connectivity index (χ3v) is 11.3. The molecule has 8 atom stereocenters. The molecule has 3 saturated carbocycles. The van der Waals surface area contributed by atoms with Gasteiger partial charge in [-0.15, -0.1) is 0 Å². The van der Waals surface area contributed by atoms with Gasteiger partial charge in [0, 0.05) is 6.42 Å². The number of fused-ring (bicyclic) bond motifs is 5. The van der Waals surface area contributed by atoms with Gasteiger partial charge in [-0.2, -0.15) is 0 Å². The molecule has 4 aliphatic rings. The molecule has 0 aromatic heterocycles. The summed E-state index contributed by atoms with van der Waals surface area (Å²) in [7, 11) is 1.35. The Bertz CT molecular complexity index is 830. The van der Waals surface area contributed by atoms with E-state index in [0.717, 1.165) is 54.8 Å². The van der Waals surface area contributed by atoms with Gasteiger partial charge in [-0.3, -0.25) is 9.59 Å². The summed E-state index contributed by atoms with van der Waals surface area (Å²) < 4.78 is 10.5. The van der Waals surface area contributed by atoms with Gasteiger partial charge in [-0.05, 0) is 91.3 Å². The molecule has 204 valence electrons. The highest BCUT2D eigenvalue weighted by Crippen LogP contribution is 2.67. The van der Waals surface area contributed by atoms with E-state index in [0.29, 0.717) is 5.41 Å². The molecule has 0 heterocycles. The minimum atomic E-state index is -0.354. The first-order valence-electron chi connectivity index (χ1n) is 15.0. The van der Waals surface area contributed by atoms with Crippen molar-refractivity contribution in [1.82, 2.24) is 0 Å². The van der Waals surface area contributed by atoms with Gasteiger partial charge >= 0.3 is 11.9 Å². The molecule has 4 heteroatoms. The Hall–Kier alpha value is -1.32. The van der Waals surface area contributed by atoms with E-state index in [1.807, 2.05) is 0 Å². The highest BCUT2D eigenvalue weighted by Gasteiger charge is 2.59. The Balaban J connectivity index is 1.38. The Morgan fingerprint density at radius 1 is 0.972 bits per heavy atom. The van der Waals surface area contributed by atoms with E-state index in [9.17, 15) is 9.59 Å². The van der Waals surface area contributed by atoms with Crippen LogP contribution in [0.15, 0.2) is 11.6 Å². The van der Waals surface area contributed by atoms with Crippen LogP contribution < -0.4 is 0 Å². The van der Waals surface area contributed by atoms with Crippen LogP contribution in [0.4, 0.5) is 0 Å². The summed E-state index contributed by atoms with van der Waals surface area (Å²) >= 11 is 0. The van der Waals surface area contributed by atoms with Gasteiger partial charge in [0.2, 0.25) is 0 Å². The van der Waals surface area contributed by atoms with Gasteiger partial charge in [0.25, 0.3) is 0 Å². The Labute approximate surface area is 220 Å². The number of methoxy groups -OCH3 is 1. The van der Waals surface area contributed by atoms with Gasteiger partial charge in [0.1, 0.15) is 6.10 Å². The fourth-order valence-electron chi connectivity index (χ4n) is 9.30. The lowest BCUT2D eigenvalue weighted by molar-refractivity contribution is -0.154. The molecule has 36 heavy (non-hydrogen) atoms. The first-order chi connectivity index (χ1) is 17.1. The number of hydrogen-bond acceptors (Lipinski definition) is 4. The van der Waals surface area contributed by atoms with Crippen LogP contribution >= 0.6 is 0 Å². The average molecular weight is 501 g/mol.